The van der Waals surface area contributed by atoms with E-state index in [1.54, 1.807) is 18.2 Å². The summed E-state index contributed by atoms with van der Waals surface area (Å²) in [5.41, 5.74) is 0.519. The molecule has 2 N–H and O–H groups in total. The van der Waals surface area contributed by atoms with Crippen molar-refractivity contribution in [2.75, 3.05) is 5.32 Å². The van der Waals surface area contributed by atoms with Gasteiger partial charge in [0.05, 0.1) is 11.3 Å². The largest absolute Gasteiger partial charge is 0.478 e. The van der Waals surface area contributed by atoms with Crippen LogP contribution in [0.15, 0.2) is 24.3 Å². The van der Waals surface area contributed by atoms with Crippen LogP contribution in [-0.2, 0) is 4.79 Å². The second-order valence-electron chi connectivity index (χ2n) is 8.81. The lowest BCUT2D eigenvalue weighted by molar-refractivity contribution is -0.116. The van der Waals surface area contributed by atoms with Gasteiger partial charge in [-0.25, -0.2) is 4.79 Å². The van der Waals surface area contributed by atoms with E-state index in [9.17, 15) is 9.59 Å². The number of anilines is 1. The summed E-state index contributed by atoms with van der Waals surface area (Å²) < 4.78 is 0. The Morgan fingerprint density at radius 1 is 0.677 bits per heavy atom. The third-order valence-corrected chi connectivity index (χ3v) is 5.94. The predicted molar refractivity (Wildman–Crippen MR) is 131 cm³/mol. The lowest BCUT2D eigenvalue weighted by atomic mass is 10.0. The Kier molecular flexibility index (Phi) is 16.6. The first kappa shape index (κ1) is 27.2. The molecule has 1 amide bonds. The molecule has 0 radical (unpaired) electrons. The predicted octanol–water partition coefficient (Wildman–Crippen LogP) is 8.37. The highest BCUT2D eigenvalue weighted by atomic mass is 16.4. The summed E-state index contributed by atoms with van der Waals surface area (Å²) in [6.07, 6.45) is 22.9. The Morgan fingerprint density at radius 3 is 1.55 bits per heavy atom. The SMILES string of the molecule is CCCCCCCCCCCCCCCCCCCC(=O)Nc1ccccc1C(=O)O. The zero-order valence-electron chi connectivity index (χ0n) is 19.8. The maximum atomic E-state index is 12.0. The van der Waals surface area contributed by atoms with Crippen LogP contribution in [0, 0.1) is 0 Å². The second-order valence-corrected chi connectivity index (χ2v) is 8.81. The average Bonchev–Trinajstić information content (AvgIpc) is 2.76. The van der Waals surface area contributed by atoms with E-state index >= 15 is 0 Å². The summed E-state index contributed by atoms with van der Waals surface area (Å²) >= 11 is 0. The summed E-state index contributed by atoms with van der Waals surface area (Å²) in [7, 11) is 0. The molecule has 0 aliphatic carbocycles. The van der Waals surface area contributed by atoms with Crippen LogP contribution in [-0.4, -0.2) is 17.0 Å². The smallest absolute Gasteiger partial charge is 0.337 e. The number of rotatable bonds is 20. The average molecular weight is 432 g/mol. The number of aromatic carboxylic acids is 1. The summed E-state index contributed by atoms with van der Waals surface area (Å²) in [5.74, 6) is -1.12. The van der Waals surface area contributed by atoms with E-state index in [0.717, 1.165) is 12.8 Å². The molecule has 0 fully saturated rings. The first-order chi connectivity index (χ1) is 15.1. The molecule has 0 atom stereocenters. The molecule has 4 heteroatoms. The van der Waals surface area contributed by atoms with E-state index in [1.165, 1.54) is 102 Å². The summed E-state index contributed by atoms with van der Waals surface area (Å²) in [6, 6.07) is 6.54. The molecule has 4 nitrogen and oxygen atoms in total. The van der Waals surface area contributed by atoms with Gasteiger partial charge in [0.2, 0.25) is 5.91 Å². The van der Waals surface area contributed by atoms with Crippen molar-refractivity contribution < 1.29 is 14.7 Å². The van der Waals surface area contributed by atoms with Crippen molar-refractivity contribution in [2.24, 2.45) is 0 Å². The van der Waals surface area contributed by atoms with E-state index in [1.807, 2.05) is 0 Å². The number of nitrogens with one attached hydrogen (secondary N) is 1. The molecule has 1 aromatic carbocycles. The van der Waals surface area contributed by atoms with Crippen molar-refractivity contribution in [3.8, 4) is 0 Å². The third kappa shape index (κ3) is 14.7. The van der Waals surface area contributed by atoms with Gasteiger partial charge in [-0.2, -0.15) is 0 Å². The van der Waals surface area contributed by atoms with Crippen molar-refractivity contribution in [1.29, 1.82) is 0 Å². The number of para-hydroxylation sites is 1. The molecular formula is C27H45NO3. The van der Waals surface area contributed by atoms with Crippen LogP contribution in [0.3, 0.4) is 0 Å². The van der Waals surface area contributed by atoms with Crippen LogP contribution in [0.5, 0.6) is 0 Å². The number of carbonyl (C=O) groups excluding carboxylic acids is 1. The van der Waals surface area contributed by atoms with E-state index in [4.69, 9.17) is 5.11 Å². The van der Waals surface area contributed by atoms with Crippen molar-refractivity contribution >= 4 is 17.6 Å². The van der Waals surface area contributed by atoms with Crippen LogP contribution < -0.4 is 5.32 Å². The fourth-order valence-electron chi connectivity index (χ4n) is 4.00. The van der Waals surface area contributed by atoms with Crippen LogP contribution in [0.1, 0.15) is 133 Å². The van der Waals surface area contributed by atoms with Gasteiger partial charge in [-0.15, -0.1) is 0 Å². The molecule has 0 aliphatic heterocycles. The topological polar surface area (TPSA) is 66.4 Å². The van der Waals surface area contributed by atoms with Crippen molar-refractivity contribution in [2.45, 2.75) is 122 Å². The zero-order valence-corrected chi connectivity index (χ0v) is 19.8. The van der Waals surface area contributed by atoms with Gasteiger partial charge in [-0.3, -0.25) is 4.79 Å². The number of carboxylic acids is 1. The normalized spacial score (nSPS) is 10.9. The number of carboxylic acid groups (broad SMARTS) is 1. The molecule has 0 unspecified atom stereocenters. The Bertz CT molecular complexity index is 600. The fraction of sp³-hybridized carbons (Fsp3) is 0.704. The molecule has 1 aromatic rings. The summed E-state index contributed by atoms with van der Waals surface area (Å²) in [5, 5.41) is 11.9. The van der Waals surface area contributed by atoms with Gasteiger partial charge < -0.3 is 10.4 Å². The standard InChI is InChI=1S/C27H45NO3/c1-2-3-4-5-6-7-8-9-10-11-12-13-14-15-16-17-18-23-26(29)28-25-22-20-19-21-24(25)27(30)31/h19-22H,2-18,23H2,1H3,(H,28,29)(H,30,31). The van der Waals surface area contributed by atoms with Gasteiger partial charge in [-0.1, -0.05) is 122 Å². The Morgan fingerprint density at radius 2 is 1.10 bits per heavy atom. The van der Waals surface area contributed by atoms with Gasteiger partial charge in [0.1, 0.15) is 0 Å². The summed E-state index contributed by atoms with van der Waals surface area (Å²) in [6.45, 7) is 2.27. The third-order valence-electron chi connectivity index (χ3n) is 5.94. The minimum atomic E-state index is -1.02. The van der Waals surface area contributed by atoms with E-state index in [2.05, 4.69) is 12.2 Å². The second kappa shape index (κ2) is 18.9. The molecule has 176 valence electrons. The lowest BCUT2D eigenvalue weighted by Crippen LogP contribution is -2.14. The van der Waals surface area contributed by atoms with E-state index in [0.29, 0.717) is 12.1 Å². The van der Waals surface area contributed by atoms with Crippen molar-refractivity contribution in [3.05, 3.63) is 29.8 Å². The molecule has 0 heterocycles. The highest BCUT2D eigenvalue weighted by Gasteiger charge is 2.11. The zero-order chi connectivity index (χ0) is 22.6. The minimum absolute atomic E-state index is 0.102. The highest BCUT2D eigenvalue weighted by Crippen LogP contribution is 2.17. The number of amides is 1. The van der Waals surface area contributed by atoms with Crippen molar-refractivity contribution in [1.82, 2.24) is 0 Å². The quantitative estimate of drug-likeness (QED) is 0.204. The molecule has 0 aliphatic rings. The maximum absolute atomic E-state index is 12.0. The molecule has 0 bridgehead atoms. The Balaban J connectivity index is 1.87. The molecule has 31 heavy (non-hydrogen) atoms. The Labute approximate surface area is 190 Å². The number of benzene rings is 1. The van der Waals surface area contributed by atoms with Crippen molar-refractivity contribution in [3.63, 3.8) is 0 Å². The van der Waals surface area contributed by atoms with Crippen LogP contribution in [0.4, 0.5) is 5.69 Å². The molecule has 0 saturated carbocycles. The number of hydrogen-bond donors (Lipinski definition) is 2. The van der Waals surface area contributed by atoms with Crippen LogP contribution in [0.2, 0.25) is 0 Å². The first-order valence-corrected chi connectivity index (χ1v) is 12.8. The molecule has 1 rings (SSSR count). The minimum Gasteiger partial charge on any atom is -0.478 e. The van der Waals surface area contributed by atoms with Gasteiger partial charge in [-0.05, 0) is 18.6 Å². The fourth-order valence-corrected chi connectivity index (χ4v) is 4.00. The summed E-state index contributed by atoms with van der Waals surface area (Å²) in [4.78, 5) is 23.2. The first-order valence-electron chi connectivity index (χ1n) is 12.8. The van der Waals surface area contributed by atoms with E-state index in [-0.39, 0.29) is 11.5 Å². The molecular weight excluding hydrogens is 386 g/mol. The molecule has 0 aromatic heterocycles. The van der Waals surface area contributed by atoms with Gasteiger partial charge in [0.15, 0.2) is 0 Å². The number of hydrogen-bond acceptors (Lipinski definition) is 2. The monoisotopic (exact) mass is 431 g/mol. The number of unbranched alkanes of at least 4 members (excludes halogenated alkanes) is 16. The number of carbonyl (C=O) groups is 2. The molecule has 0 spiro atoms. The van der Waals surface area contributed by atoms with Crippen LogP contribution >= 0.6 is 0 Å². The molecule has 0 saturated heterocycles. The Hall–Kier alpha value is -1.84. The highest BCUT2D eigenvalue weighted by molar-refractivity contribution is 6.00. The van der Waals surface area contributed by atoms with Gasteiger partial charge in [0, 0.05) is 6.42 Å². The van der Waals surface area contributed by atoms with Crippen LogP contribution in [0.25, 0.3) is 0 Å². The van der Waals surface area contributed by atoms with E-state index < -0.39 is 5.97 Å². The maximum Gasteiger partial charge on any atom is 0.337 e. The lowest BCUT2D eigenvalue weighted by Gasteiger charge is -2.08. The van der Waals surface area contributed by atoms with Gasteiger partial charge in [0.25, 0.3) is 0 Å². The van der Waals surface area contributed by atoms with Gasteiger partial charge >= 0.3 is 5.97 Å².